The van der Waals surface area contributed by atoms with Crippen molar-refractivity contribution in [1.82, 2.24) is 0 Å². The fourth-order valence-electron chi connectivity index (χ4n) is 7.93. The maximum atomic E-state index is 15.3. The molecule has 0 aliphatic heterocycles. The molecular weight excluding hydrogens is 487 g/mol. The lowest BCUT2D eigenvalue weighted by molar-refractivity contribution is -0.139. The van der Waals surface area contributed by atoms with Crippen LogP contribution in [0.2, 0.25) is 0 Å². The Bertz CT molecular complexity index is 902. The number of aliphatic hydroxyl groups excluding tert-OH is 1. The van der Waals surface area contributed by atoms with Crippen molar-refractivity contribution in [2.75, 3.05) is 13.2 Å². The third-order valence-electron chi connectivity index (χ3n) is 10.6. The number of rotatable bonds is 12. The number of ether oxygens (including phenoxy) is 1. The lowest BCUT2D eigenvalue weighted by Crippen LogP contribution is -2.25. The minimum Gasteiger partial charge on any atom is -0.462 e. The number of unbranched alkanes of at least 4 members (excludes halogenated alkanes) is 2. The Kier molecular flexibility index (Phi) is 11.9. The molecular formula is C35H53FO3. The van der Waals surface area contributed by atoms with Crippen LogP contribution in [0.3, 0.4) is 0 Å². The molecule has 0 aromatic heterocycles. The smallest absolute Gasteiger partial charge is 0.335 e. The van der Waals surface area contributed by atoms with Gasteiger partial charge in [0.2, 0.25) is 0 Å². The molecule has 0 radical (unpaired) electrons. The first-order valence-corrected chi connectivity index (χ1v) is 16.2. The molecule has 0 unspecified atom stereocenters. The molecule has 0 bridgehead atoms. The summed E-state index contributed by atoms with van der Waals surface area (Å²) in [7, 11) is 0. The van der Waals surface area contributed by atoms with E-state index in [1.54, 1.807) is 0 Å². The average Bonchev–Trinajstić information content (AvgIpc) is 2.97. The fraction of sp³-hybridized carbons (Fsp3) is 0.743. The van der Waals surface area contributed by atoms with E-state index in [1.165, 1.54) is 82.6 Å². The summed E-state index contributed by atoms with van der Waals surface area (Å²) in [5, 5.41) is 8.97. The SMILES string of the molecule is C=C(CO)C(=O)OCCC1CCC(c2ccc(C3CCC(C4CCC(CCCCC)CC4)CC3)cc2F)CC1. The van der Waals surface area contributed by atoms with E-state index >= 15 is 4.39 Å². The lowest BCUT2D eigenvalue weighted by Gasteiger charge is -2.38. The Labute approximate surface area is 237 Å². The van der Waals surface area contributed by atoms with Crippen molar-refractivity contribution in [3.8, 4) is 0 Å². The van der Waals surface area contributed by atoms with E-state index < -0.39 is 5.97 Å². The van der Waals surface area contributed by atoms with Gasteiger partial charge in [0.25, 0.3) is 0 Å². The molecule has 0 heterocycles. The molecule has 1 aromatic carbocycles. The van der Waals surface area contributed by atoms with E-state index in [9.17, 15) is 4.79 Å². The van der Waals surface area contributed by atoms with Gasteiger partial charge in [0.1, 0.15) is 5.82 Å². The van der Waals surface area contributed by atoms with E-state index in [0.29, 0.717) is 24.4 Å². The van der Waals surface area contributed by atoms with Crippen molar-refractivity contribution in [3.05, 3.63) is 47.3 Å². The predicted octanol–water partition coefficient (Wildman–Crippen LogP) is 9.24. The van der Waals surface area contributed by atoms with Crippen LogP contribution in [-0.4, -0.2) is 24.3 Å². The molecule has 0 saturated heterocycles. The Hall–Kier alpha value is -1.68. The second kappa shape index (κ2) is 15.4. The Morgan fingerprint density at radius 1 is 0.872 bits per heavy atom. The highest BCUT2D eigenvalue weighted by atomic mass is 19.1. The largest absolute Gasteiger partial charge is 0.462 e. The Balaban J connectivity index is 1.18. The number of carbonyl (C=O) groups excluding carboxylic acids is 1. The molecule has 3 nitrogen and oxygen atoms in total. The van der Waals surface area contributed by atoms with E-state index in [-0.39, 0.29) is 18.0 Å². The second-order valence-electron chi connectivity index (χ2n) is 13.1. The van der Waals surface area contributed by atoms with Gasteiger partial charge in [-0.2, -0.15) is 0 Å². The van der Waals surface area contributed by atoms with Gasteiger partial charge in [-0.05, 0) is 123 Å². The van der Waals surface area contributed by atoms with Crippen LogP contribution in [0.15, 0.2) is 30.4 Å². The van der Waals surface area contributed by atoms with Gasteiger partial charge in [-0.1, -0.05) is 64.2 Å². The monoisotopic (exact) mass is 540 g/mol. The highest BCUT2D eigenvalue weighted by Gasteiger charge is 2.32. The Morgan fingerprint density at radius 3 is 2.08 bits per heavy atom. The van der Waals surface area contributed by atoms with Gasteiger partial charge < -0.3 is 9.84 Å². The highest BCUT2D eigenvalue weighted by molar-refractivity contribution is 5.87. The number of aliphatic hydroxyl groups is 1. The maximum absolute atomic E-state index is 15.3. The first-order chi connectivity index (χ1) is 19.0. The van der Waals surface area contributed by atoms with Crippen molar-refractivity contribution >= 4 is 5.97 Å². The molecule has 3 aliphatic carbocycles. The van der Waals surface area contributed by atoms with Gasteiger partial charge in [-0.3, -0.25) is 0 Å². The average molecular weight is 541 g/mol. The number of hydrogen-bond acceptors (Lipinski definition) is 3. The number of carbonyl (C=O) groups is 1. The van der Waals surface area contributed by atoms with Crippen LogP contribution in [0.1, 0.15) is 139 Å². The van der Waals surface area contributed by atoms with Crippen LogP contribution < -0.4 is 0 Å². The van der Waals surface area contributed by atoms with Crippen molar-refractivity contribution in [2.24, 2.45) is 23.7 Å². The zero-order valence-electron chi connectivity index (χ0n) is 24.5. The summed E-state index contributed by atoms with van der Waals surface area (Å²) in [6.07, 6.45) is 21.4. The van der Waals surface area contributed by atoms with E-state index in [4.69, 9.17) is 9.84 Å². The first-order valence-electron chi connectivity index (χ1n) is 16.2. The summed E-state index contributed by atoms with van der Waals surface area (Å²) in [5.74, 6) is 3.63. The van der Waals surface area contributed by atoms with Crippen LogP contribution in [0, 0.1) is 29.5 Å². The van der Waals surface area contributed by atoms with Gasteiger partial charge in [0.15, 0.2) is 0 Å². The van der Waals surface area contributed by atoms with Gasteiger partial charge >= 0.3 is 5.97 Å². The van der Waals surface area contributed by atoms with Crippen LogP contribution in [0.25, 0.3) is 0 Å². The molecule has 1 aromatic rings. The van der Waals surface area contributed by atoms with Crippen molar-refractivity contribution in [3.63, 3.8) is 0 Å². The number of benzene rings is 1. The number of hydrogen-bond donors (Lipinski definition) is 1. The summed E-state index contributed by atoms with van der Waals surface area (Å²) in [6.45, 7) is 5.79. The van der Waals surface area contributed by atoms with Gasteiger partial charge in [0, 0.05) is 0 Å². The summed E-state index contributed by atoms with van der Waals surface area (Å²) >= 11 is 0. The molecule has 1 N–H and O–H groups in total. The van der Waals surface area contributed by atoms with Gasteiger partial charge in [-0.25, -0.2) is 9.18 Å². The molecule has 3 saturated carbocycles. The minimum absolute atomic E-state index is 0.00378. The van der Waals surface area contributed by atoms with Gasteiger partial charge in [0.05, 0.1) is 18.8 Å². The predicted molar refractivity (Wildman–Crippen MR) is 157 cm³/mol. The molecule has 39 heavy (non-hydrogen) atoms. The number of halogens is 1. The molecule has 3 aliphatic rings. The fourth-order valence-corrected chi connectivity index (χ4v) is 7.93. The second-order valence-corrected chi connectivity index (χ2v) is 13.1. The lowest BCUT2D eigenvalue weighted by atomic mass is 9.68. The summed E-state index contributed by atoms with van der Waals surface area (Å²) < 4.78 is 20.5. The Morgan fingerprint density at radius 2 is 1.46 bits per heavy atom. The van der Waals surface area contributed by atoms with E-state index in [1.807, 2.05) is 6.07 Å². The van der Waals surface area contributed by atoms with Gasteiger partial charge in [-0.15, -0.1) is 0 Å². The van der Waals surface area contributed by atoms with Crippen molar-refractivity contribution in [1.29, 1.82) is 0 Å². The van der Waals surface area contributed by atoms with Crippen LogP contribution in [0.5, 0.6) is 0 Å². The topological polar surface area (TPSA) is 46.5 Å². The quantitative estimate of drug-likeness (QED) is 0.163. The van der Waals surface area contributed by atoms with E-state index in [0.717, 1.165) is 55.4 Å². The zero-order chi connectivity index (χ0) is 27.6. The van der Waals surface area contributed by atoms with E-state index in [2.05, 4.69) is 25.6 Å². The van der Waals surface area contributed by atoms with Crippen molar-refractivity contribution in [2.45, 2.75) is 128 Å². The van der Waals surface area contributed by atoms with Crippen molar-refractivity contribution < 1.29 is 19.0 Å². The summed E-state index contributed by atoms with van der Waals surface area (Å²) in [6, 6.07) is 6.18. The zero-order valence-corrected chi connectivity index (χ0v) is 24.5. The maximum Gasteiger partial charge on any atom is 0.335 e. The summed E-state index contributed by atoms with van der Waals surface area (Å²) in [4.78, 5) is 11.6. The normalized spacial score (nSPS) is 29.6. The van der Waals surface area contributed by atoms with Crippen LogP contribution in [0.4, 0.5) is 4.39 Å². The third kappa shape index (κ3) is 8.65. The molecule has 0 amide bonds. The van der Waals surface area contributed by atoms with Crippen LogP contribution >= 0.6 is 0 Å². The highest BCUT2D eigenvalue weighted by Crippen LogP contribution is 2.45. The molecule has 4 rings (SSSR count). The van der Waals surface area contributed by atoms with Crippen LogP contribution in [-0.2, 0) is 9.53 Å². The third-order valence-corrected chi connectivity index (χ3v) is 10.6. The molecule has 0 spiro atoms. The number of esters is 1. The summed E-state index contributed by atoms with van der Waals surface area (Å²) in [5.41, 5.74) is 2.21. The molecule has 0 atom stereocenters. The minimum atomic E-state index is -0.512. The first kappa shape index (κ1) is 30.3. The molecule has 4 heteroatoms. The standard InChI is InChI=1S/C35H53FO3/c1-3-4-5-6-26-7-11-28(12-8-26)29-15-17-30(18-16-29)32-19-20-33(34(36)23-32)31-13-9-27(10-14-31)21-22-39-35(38)25(2)24-37/h19-20,23,26-31,37H,2-18,21-22,24H2,1H3. The molecule has 218 valence electrons. The molecule has 3 fully saturated rings.